The molecule has 1 saturated heterocycles. The summed E-state index contributed by atoms with van der Waals surface area (Å²) in [6.07, 6.45) is 2.74. The number of benzene rings is 2. The van der Waals surface area contributed by atoms with Gasteiger partial charge in [0.2, 0.25) is 15.9 Å². The van der Waals surface area contributed by atoms with Crippen molar-refractivity contribution in [2.24, 2.45) is 0 Å². The summed E-state index contributed by atoms with van der Waals surface area (Å²) in [5.41, 5.74) is 0.538. The smallest absolute Gasteiger partial charge is 0.240 e. The Morgan fingerprint density at radius 1 is 1.03 bits per heavy atom. The quantitative estimate of drug-likeness (QED) is 0.780. The van der Waals surface area contributed by atoms with Gasteiger partial charge < -0.3 is 4.90 Å². The molecule has 2 aliphatic rings. The zero-order valence-electron chi connectivity index (χ0n) is 15.8. The number of nitrogens with one attached hydrogen (secondary N) is 1. The molecule has 1 heterocycles. The van der Waals surface area contributed by atoms with Crippen LogP contribution in [0.15, 0.2) is 53.4 Å². The fraction of sp³-hybridized carbons (Fsp3) is 0.381. The van der Waals surface area contributed by atoms with Gasteiger partial charge in [0, 0.05) is 24.2 Å². The van der Waals surface area contributed by atoms with Crippen LogP contribution in [0.1, 0.15) is 31.2 Å². The molecule has 1 saturated carbocycles. The zero-order valence-corrected chi connectivity index (χ0v) is 17.3. The predicted molar refractivity (Wildman–Crippen MR) is 109 cm³/mol. The highest BCUT2D eigenvalue weighted by Crippen LogP contribution is 2.50. The van der Waals surface area contributed by atoms with Crippen molar-refractivity contribution >= 4 is 27.5 Å². The Morgan fingerprint density at radius 3 is 2.17 bits per heavy atom. The second-order valence-electron chi connectivity index (χ2n) is 7.73. The largest absolute Gasteiger partial charge is 0.342 e. The average Bonchev–Trinajstić information content (AvgIpc) is 3.51. The number of halogens is 2. The van der Waals surface area contributed by atoms with Crippen LogP contribution in [0.25, 0.3) is 0 Å². The van der Waals surface area contributed by atoms with Crippen LogP contribution in [0, 0.1) is 5.82 Å². The second kappa shape index (κ2) is 7.70. The van der Waals surface area contributed by atoms with Gasteiger partial charge in [0.15, 0.2) is 0 Å². The van der Waals surface area contributed by atoms with Gasteiger partial charge in [-0.1, -0.05) is 23.7 Å². The van der Waals surface area contributed by atoms with Crippen molar-refractivity contribution < 1.29 is 17.6 Å². The molecule has 0 bridgehead atoms. The number of rotatable bonds is 5. The van der Waals surface area contributed by atoms with Crippen LogP contribution in [-0.4, -0.2) is 38.4 Å². The fourth-order valence-corrected chi connectivity index (χ4v) is 5.36. The SMILES string of the molecule is O=C(N1CCC(NS(=O)(=O)c2ccc(F)cc2)CC1)C1(c2ccc(Cl)cc2)CC1. The van der Waals surface area contributed by atoms with E-state index in [0.29, 0.717) is 31.0 Å². The molecule has 2 fully saturated rings. The lowest BCUT2D eigenvalue weighted by molar-refractivity contribution is -0.135. The van der Waals surface area contributed by atoms with E-state index in [-0.39, 0.29) is 16.8 Å². The van der Waals surface area contributed by atoms with Crippen molar-refractivity contribution in [1.82, 2.24) is 9.62 Å². The number of carbonyl (C=O) groups is 1. The fourth-order valence-electron chi connectivity index (χ4n) is 3.92. The van der Waals surface area contributed by atoms with Crippen molar-refractivity contribution in [1.29, 1.82) is 0 Å². The second-order valence-corrected chi connectivity index (χ2v) is 9.88. The number of carbonyl (C=O) groups excluding carboxylic acids is 1. The van der Waals surface area contributed by atoms with E-state index >= 15 is 0 Å². The molecule has 29 heavy (non-hydrogen) atoms. The Hall–Kier alpha value is -1.96. The molecular formula is C21H22ClFN2O3S. The first kappa shape index (κ1) is 20.3. The first-order chi connectivity index (χ1) is 13.8. The number of piperidine rings is 1. The van der Waals surface area contributed by atoms with Gasteiger partial charge >= 0.3 is 0 Å². The Morgan fingerprint density at radius 2 is 1.62 bits per heavy atom. The lowest BCUT2D eigenvalue weighted by atomic mass is 9.93. The molecule has 8 heteroatoms. The molecule has 5 nitrogen and oxygen atoms in total. The molecule has 0 atom stereocenters. The molecule has 0 spiro atoms. The molecule has 1 N–H and O–H groups in total. The summed E-state index contributed by atoms with van der Waals surface area (Å²) >= 11 is 5.96. The van der Waals surface area contributed by atoms with E-state index in [1.807, 2.05) is 17.0 Å². The monoisotopic (exact) mass is 436 g/mol. The third-order valence-corrected chi connectivity index (χ3v) is 7.57. The number of nitrogens with zero attached hydrogens (tertiary/aromatic N) is 1. The van der Waals surface area contributed by atoms with Gasteiger partial charge in [0.25, 0.3) is 0 Å². The highest BCUT2D eigenvalue weighted by atomic mass is 35.5. The number of amides is 1. The maximum absolute atomic E-state index is 13.1. The Bertz CT molecular complexity index is 997. The van der Waals surface area contributed by atoms with Crippen LogP contribution < -0.4 is 4.72 Å². The minimum absolute atomic E-state index is 0.0390. The van der Waals surface area contributed by atoms with Crippen LogP contribution in [-0.2, 0) is 20.2 Å². The first-order valence-electron chi connectivity index (χ1n) is 9.63. The minimum atomic E-state index is -3.71. The molecule has 0 aromatic heterocycles. The van der Waals surface area contributed by atoms with Crippen molar-refractivity contribution in [2.75, 3.05) is 13.1 Å². The van der Waals surface area contributed by atoms with Gasteiger partial charge in [-0.3, -0.25) is 4.79 Å². The zero-order chi connectivity index (χ0) is 20.6. The molecule has 154 valence electrons. The normalized spacial score (nSPS) is 19.2. The first-order valence-corrected chi connectivity index (χ1v) is 11.5. The van der Waals surface area contributed by atoms with Crippen LogP contribution >= 0.6 is 11.6 Å². The van der Waals surface area contributed by atoms with Crippen molar-refractivity contribution in [3.05, 3.63) is 64.9 Å². The van der Waals surface area contributed by atoms with Crippen molar-refractivity contribution in [3.63, 3.8) is 0 Å². The number of sulfonamides is 1. The predicted octanol–water partition coefficient (Wildman–Crippen LogP) is 3.48. The summed E-state index contributed by atoms with van der Waals surface area (Å²) < 4.78 is 40.7. The molecule has 1 amide bonds. The Balaban J connectivity index is 1.37. The molecule has 0 unspecified atom stereocenters. The minimum Gasteiger partial charge on any atom is -0.342 e. The Labute approximate surface area is 174 Å². The van der Waals surface area contributed by atoms with E-state index in [4.69, 9.17) is 11.6 Å². The van der Waals surface area contributed by atoms with Gasteiger partial charge in [-0.25, -0.2) is 17.5 Å². The Kier molecular flexibility index (Phi) is 5.40. The van der Waals surface area contributed by atoms with E-state index in [9.17, 15) is 17.6 Å². The summed E-state index contributed by atoms with van der Waals surface area (Å²) in [4.78, 5) is 15.0. The summed E-state index contributed by atoms with van der Waals surface area (Å²) in [7, 11) is -3.71. The van der Waals surface area contributed by atoms with Crippen LogP contribution in [0.4, 0.5) is 4.39 Å². The summed E-state index contributed by atoms with van der Waals surface area (Å²) in [5, 5.41) is 0.645. The van der Waals surface area contributed by atoms with Gasteiger partial charge in [0.1, 0.15) is 5.82 Å². The third kappa shape index (κ3) is 4.17. The van der Waals surface area contributed by atoms with E-state index in [1.165, 1.54) is 12.1 Å². The highest BCUT2D eigenvalue weighted by molar-refractivity contribution is 7.89. The van der Waals surface area contributed by atoms with E-state index in [1.54, 1.807) is 12.1 Å². The van der Waals surface area contributed by atoms with Crippen molar-refractivity contribution in [3.8, 4) is 0 Å². The molecule has 2 aromatic carbocycles. The highest BCUT2D eigenvalue weighted by Gasteiger charge is 2.53. The molecule has 2 aromatic rings. The lowest BCUT2D eigenvalue weighted by Crippen LogP contribution is -2.49. The number of likely N-dealkylation sites (tertiary alicyclic amines) is 1. The van der Waals surface area contributed by atoms with Gasteiger partial charge in [-0.2, -0.15) is 0 Å². The van der Waals surface area contributed by atoms with Crippen molar-refractivity contribution in [2.45, 2.75) is 42.0 Å². The average molecular weight is 437 g/mol. The van der Waals surface area contributed by atoms with Crippen LogP contribution in [0.3, 0.4) is 0 Å². The maximum atomic E-state index is 13.1. The van der Waals surface area contributed by atoms with E-state index < -0.39 is 21.3 Å². The van der Waals surface area contributed by atoms with Crippen LogP contribution in [0.5, 0.6) is 0 Å². The third-order valence-electron chi connectivity index (χ3n) is 5.78. The van der Waals surface area contributed by atoms with Gasteiger partial charge in [-0.05, 0) is 67.6 Å². The molecular weight excluding hydrogens is 415 g/mol. The van der Waals surface area contributed by atoms with Gasteiger partial charge in [0.05, 0.1) is 10.3 Å². The van der Waals surface area contributed by atoms with E-state index in [0.717, 1.165) is 30.5 Å². The number of hydrogen-bond acceptors (Lipinski definition) is 3. The molecule has 1 aliphatic carbocycles. The van der Waals surface area contributed by atoms with E-state index in [2.05, 4.69) is 4.72 Å². The maximum Gasteiger partial charge on any atom is 0.240 e. The molecule has 1 aliphatic heterocycles. The lowest BCUT2D eigenvalue weighted by Gasteiger charge is -2.34. The van der Waals surface area contributed by atoms with Crippen LogP contribution in [0.2, 0.25) is 5.02 Å². The standard InChI is InChI=1S/C21H22ClFN2O3S/c22-16-3-1-15(2-4-16)21(11-12-21)20(26)25-13-9-18(10-14-25)24-29(27,28)19-7-5-17(23)6-8-19/h1-8,18,24H,9-14H2. The topological polar surface area (TPSA) is 66.5 Å². The van der Waals surface area contributed by atoms with Gasteiger partial charge in [-0.15, -0.1) is 0 Å². The summed E-state index contributed by atoms with van der Waals surface area (Å²) in [5.74, 6) is -0.370. The molecule has 0 radical (unpaired) electrons. The molecule has 4 rings (SSSR count). The summed E-state index contributed by atoms with van der Waals surface area (Å²) in [6.45, 7) is 1.01. The summed E-state index contributed by atoms with van der Waals surface area (Å²) in [6, 6.07) is 11.9. The number of hydrogen-bond donors (Lipinski definition) is 1.